The van der Waals surface area contributed by atoms with Gasteiger partial charge in [0.15, 0.2) is 5.12 Å². The number of carbonyl (C=O) groups is 2. The molecule has 18 heavy (non-hydrogen) atoms. The minimum absolute atomic E-state index is 0.0868. The first-order chi connectivity index (χ1) is 8.49. The fourth-order valence-electron chi connectivity index (χ4n) is 4.98. The number of hydrogen-bond donors (Lipinski definition) is 1. The fourth-order valence-corrected chi connectivity index (χ4v) is 6.43. The lowest BCUT2D eigenvalue weighted by Gasteiger charge is -2.60. The molecule has 0 aromatic heterocycles. The first-order valence-corrected chi connectivity index (χ1v) is 7.72. The molecule has 0 radical (unpaired) electrons. The lowest BCUT2D eigenvalue weighted by Crippen LogP contribution is -2.56. The molecule has 4 bridgehead atoms. The quantitative estimate of drug-likeness (QED) is 0.855. The van der Waals surface area contributed by atoms with E-state index in [9.17, 15) is 14.7 Å². The first kappa shape index (κ1) is 12.5. The number of thioether (sulfide) groups is 1. The first-order valence-electron chi connectivity index (χ1n) is 6.91. The Morgan fingerprint density at radius 1 is 1.11 bits per heavy atom. The molecule has 4 saturated carbocycles. The van der Waals surface area contributed by atoms with Crippen molar-refractivity contribution < 1.29 is 14.7 Å². The van der Waals surface area contributed by atoms with Gasteiger partial charge in [0, 0.05) is 11.7 Å². The van der Waals surface area contributed by atoms with E-state index in [0.29, 0.717) is 11.8 Å². The van der Waals surface area contributed by atoms with Crippen LogP contribution in [0.3, 0.4) is 0 Å². The van der Waals surface area contributed by atoms with Gasteiger partial charge in [-0.1, -0.05) is 11.8 Å². The molecule has 4 fully saturated rings. The summed E-state index contributed by atoms with van der Waals surface area (Å²) in [6.45, 7) is 1.58. The second kappa shape index (κ2) is 4.26. The highest BCUT2D eigenvalue weighted by atomic mass is 32.2. The molecule has 0 aromatic carbocycles. The lowest BCUT2D eigenvalue weighted by molar-refractivity contribution is -0.140. The van der Waals surface area contributed by atoms with E-state index in [2.05, 4.69) is 0 Å². The largest absolute Gasteiger partial charge is 0.481 e. The third-order valence-electron chi connectivity index (χ3n) is 5.28. The maximum Gasteiger partial charge on any atom is 0.304 e. The highest BCUT2D eigenvalue weighted by Crippen LogP contribution is 2.64. The van der Waals surface area contributed by atoms with Gasteiger partial charge in [-0.25, -0.2) is 0 Å². The second-order valence-corrected chi connectivity index (χ2v) is 7.96. The van der Waals surface area contributed by atoms with Crippen LogP contribution in [0.25, 0.3) is 0 Å². The van der Waals surface area contributed by atoms with Gasteiger partial charge in [0.05, 0.1) is 6.42 Å². The van der Waals surface area contributed by atoms with Crippen molar-refractivity contribution in [2.75, 3.05) is 0 Å². The van der Waals surface area contributed by atoms with Gasteiger partial charge >= 0.3 is 5.97 Å². The average molecular weight is 268 g/mol. The van der Waals surface area contributed by atoms with Crippen LogP contribution in [0.4, 0.5) is 0 Å². The van der Waals surface area contributed by atoms with Gasteiger partial charge < -0.3 is 5.11 Å². The molecule has 4 aliphatic rings. The van der Waals surface area contributed by atoms with Crippen LogP contribution >= 0.6 is 11.8 Å². The molecule has 0 amide bonds. The Labute approximate surface area is 112 Å². The Morgan fingerprint density at radius 3 is 2.00 bits per heavy atom. The molecule has 1 N–H and O–H groups in total. The van der Waals surface area contributed by atoms with Gasteiger partial charge in [0.2, 0.25) is 0 Å². The standard InChI is InChI=1S/C14H20O3S/c1-8(15)18-14(7-13(16)17)11-3-9-2-10(5-11)6-12(14)4-9/h9-12H,2-7H2,1H3,(H,16,17). The number of carboxylic acids is 1. The monoisotopic (exact) mass is 268 g/mol. The van der Waals surface area contributed by atoms with Crippen molar-refractivity contribution in [1.82, 2.24) is 0 Å². The number of carboxylic acid groups (broad SMARTS) is 1. The summed E-state index contributed by atoms with van der Waals surface area (Å²) in [6, 6.07) is 0. The number of rotatable bonds is 3. The maximum absolute atomic E-state index is 11.6. The minimum atomic E-state index is -0.740. The van der Waals surface area contributed by atoms with Crippen LogP contribution in [-0.2, 0) is 9.59 Å². The zero-order valence-electron chi connectivity index (χ0n) is 10.7. The van der Waals surface area contributed by atoms with E-state index in [1.165, 1.54) is 18.2 Å². The van der Waals surface area contributed by atoms with Gasteiger partial charge in [-0.05, 0) is 55.8 Å². The molecule has 3 nitrogen and oxygen atoms in total. The summed E-state index contributed by atoms with van der Waals surface area (Å²) in [6.07, 6.45) is 6.13. The van der Waals surface area contributed by atoms with Crippen LogP contribution in [0, 0.1) is 23.7 Å². The van der Waals surface area contributed by atoms with Crippen LogP contribution in [0.1, 0.15) is 45.4 Å². The second-order valence-electron chi connectivity index (χ2n) is 6.42. The van der Waals surface area contributed by atoms with E-state index in [1.807, 2.05) is 0 Å². The molecule has 0 aliphatic heterocycles. The van der Waals surface area contributed by atoms with E-state index >= 15 is 0 Å². The molecule has 0 unspecified atom stereocenters. The van der Waals surface area contributed by atoms with Gasteiger partial charge in [-0.2, -0.15) is 0 Å². The van der Waals surface area contributed by atoms with Crippen molar-refractivity contribution in [3.8, 4) is 0 Å². The Morgan fingerprint density at radius 2 is 1.61 bits per heavy atom. The molecule has 4 rings (SSSR count). The van der Waals surface area contributed by atoms with Crippen LogP contribution in [0.15, 0.2) is 0 Å². The van der Waals surface area contributed by atoms with Crippen molar-refractivity contribution in [2.45, 2.75) is 50.2 Å². The van der Waals surface area contributed by atoms with Gasteiger partial charge in [0.25, 0.3) is 0 Å². The van der Waals surface area contributed by atoms with Gasteiger partial charge in [-0.3, -0.25) is 9.59 Å². The topological polar surface area (TPSA) is 54.4 Å². The normalized spacial score (nSPS) is 45.2. The predicted molar refractivity (Wildman–Crippen MR) is 70.3 cm³/mol. The van der Waals surface area contributed by atoms with Crippen molar-refractivity contribution in [1.29, 1.82) is 0 Å². The molecule has 4 aliphatic carbocycles. The maximum atomic E-state index is 11.6. The van der Waals surface area contributed by atoms with Crippen LogP contribution in [0.2, 0.25) is 0 Å². The SMILES string of the molecule is CC(=O)SC1(CC(=O)O)C2CC3CC(C2)CC1C3. The zero-order chi connectivity index (χ0) is 12.9. The predicted octanol–water partition coefficient (Wildman–Crippen LogP) is 2.94. The molecule has 100 valence electrons. The molecular weight excluding hydrogens is 248 g/mol. The fraction of sp³-hybridized carbons (Fsp3) is 0.857. The summed E-state index contributed by atoms with van der Waals surface area (Å²) >= 11 is 1.35. The smallest absolute Gasteiger partial charge is 0.304 e. The Balaban J connectivity index is 1.92. The van der Waals surface area contributed by atoms with Gasteiger partial charge in [0.1, 0.15) is 0 Å². The highest BCUT2D eigenvalue weighted by Gasteiger charge is 2.58. The highest BCUT2D eigenvalue weighted by molar-refractivity contribution is 8.14. The summed E-state index contributed by atoms with van der Waals surface area (Å²) < 4.78 is -0.287. The average Bonchev–Trinajstić information content (AvgIpc) is 2.23. The van der Waals surface area contributed by atoms with Gasteiger partial charge in [-0.15, -0.1) is 0 Å². The molecular formula is C14H20O3S. The van der Waals surface area contributed by atoms with E-state index < -0.39 is 5.97 Å². The number of carbonyl (C=O) groups excluding carboxylic acids is 1. The molecule has 0 heterocycles. The summed E-state index contributed by atoms with van der Waals surface area (Å²) in [5.41, 5.74) is 0. The van der Waals surface area contributed by atoms with E-state index in [4.69, 9.17) is 0 Å². The summed E-state index contributed by atoms with van der Waals surface area (Å²) in [5.74, 6) is 1.79. The number of aliphatic carboxylic acids is 1. The molecule has 4 heteroatoms. The molecule has 0 aromatic rings. The van der Waals surface area contributed by atoms with Crippen molar-refractivity contribution >= 4 is 22.8 Å². The molecule has 0 saturated heterocycles. The summed E-state index contributed by atoms with van der Waals surface area (Å²) in [4.78, 5) is 22.8. The van der Waals surface area contributed by atoms with E-state index in [-0.39, 0.29) is 16.3 Å². The van der Waals surface area contributed by atoms with Crippen LogP contribution in [-0.4, -0.2) is 20.9 Å². The molecule has 0 spiro atoms. The van der Waals surface area contributed by atoms with E-state index in [0.717, 1.165) is 37.5 Å². The Kier molecular flexibility index (Phi) is 2.96. The third-order valence-corrected chi connectivity index (χ3v) is 6.76. The van der Waals surface area contributed by atoms with Crippen LogP contribution < -0.4 is 0 Å². The Bertz CT molecular complexity index is 345. The molecule has 0 atom stereocenters. The lowest BCUT2D eigenvalue weighted by atomic mass is 9.51. The van der Waals surface area contributed by atoms with Crippen molar-refractivity contribution in [2.24, 2.45) is 23.7 Å². The minimum Gasteiger partial charge on any atom is -0.481 e. The van der Waals surface area contributed by atoms with E-state index in [1.54, 1.807) is 6.92 Å². The summed E-state index contributed by atoms with van der Waals surface area (Å²) in [7, 11) is 0. The van der Waals surface area contributed by atoms with Crippen molar-refractivity contribution in [3.05, 3.63) is 0 Å². The zero-order valence-corrected chi connectivity index (χ0v) is 11.5. The third kappa shape index (κ3) is 1.89. The summed E-state index contributed by atoms with van der Waals surface area (Å²) in [5, 5.41) is 9.34. The van der Waals surface area contributed by atoms with Crippen LogP contribution in [0.5, 0.6) is 0 Å². The number of hydrogen-bond acceptors (Lipinski definition) is 3. The van der Waals surface area contributed by atoms with Crippen molar-refractivity contribution in [3.63, 3.8) is 0 Å². The Hall–Kier alpha value is -0.510.